The fourth-order valence-corrected chi connectivity index (χ4v) is 2.91. The summed E-state index contributed by atoms with van der Waals surface area (Å²) in [6.07, 6.45) is 0.926. The second kappa shape index (κ2) is 4.23. The van der Waals surface area contributed by atoms with Gasteiger partial charge in [0.2, 0.25) is 11.6 Å². The lowest BCUT2D eigenvalue weighted by atomic mass is 10.0. The quantitative estimate of drug-likeness (QED) is 0.813. The van der Waals surface area contributed by atoms with Crippen LogP contribution < -0.4 is 0 Å². The molecule has 0 amide bonds. The molecule has 21 heavy (non-hydrogen) atoms. The number of nitrogens with zero attached hydrogens (tertiary/aromatic N) is 3. The Morgan fingerprint density at radius 2 is 2.05 bits per heavy atom. The van der Waals surface area contributed by atoms with Crippen molar-refractivity contribution >= 4 is 5.78 Å². The summed E-state index contributed by atoms with van der Waals surface area (Å²) in [4.78, 5) is 16.5. The van der Waals surface area contributed by atoms with Gasteiger partial charge < -0.3 is 0 Å². The zero-order valence-corrected chi connectivity index (χ0v) is 11.8. The van der Waals surface area contributed by atoms with Crippen LogP contribution in [-0.4, -0.2) is 20.5 Å². The lowest BCUT2D eigenvalue weighted by Gasteiger charge is -2.11. The highest BCUT2D eigenvalue weighted by atomic mass is 19.1. The summed E-state index contributed by atoms with van der Waals surface area (Å²) in [7, 11) is 0. The first-order chi connectivity index (χ1) is 10.1. The highest BCUT2D eigenvalue weighted by Gasteiger charge is 2.48. The first kappa shape index (κ1) is 12.7. The molecule has 2 unspecified atom stereocenters. The summed E-state index contributed by atoms with van der Waals surface area (Å²) < 4.78 is 15.8. The predicted octanol–water partition coefficient (Wildman–Crippen LogP) is 3.26. The number of benzene rings is 1. The van der Waals surface area contributed by atoms with Crippen molar-refractivity contribution in [1.82, 2.24) is 14.8 Å². The number of hydrogen-bond acceptors (Lipinski definition) is 3. The van der Waals surface area contributed by atoms with Crippen molar-refractivity contribution in [3.8, 4) is 0 Å². The van der Waals surface area contributed by atoms with E-state index in [9.17, 15) is 9.18 Å². The number of halogens is 1. The summed E-state index contributed by atoms with van der Waals surface area (Å²) in [6.45, 7) is 1.92. The summed E-state index contributed by atoms with van der Waals surface area (Å²) in [5.74, 6) is 0.410. The molecule has 1 aliphatic heterocycles. The Morgan fingerprint density at radius 3 is 2.71 bits per heavy atom. The van der Waals surface area contributed by atoms with E-state index >= 15 is 0 Å². The molecule has 4 nitrogen and oxygen atoms in total. The molecule has 1 saturated carbocycles. The van der Waals surface area contributed by atoms with Gasteiger partial charge in [-0.05, 0) is 18.4 Å². The number of rotatable bonds is 3. The van der Waals surface area contributed by atoms with Gasteiger partial charge in [0.25, 0.3) is 0 Å². The number of ketones is 1. The number of carbonyl (C=O) groups is 1. The van der Waals surface area contributed by atoms with Crippen LogP contribution in [0.3, 0.4) is 0 Å². The van der Waals surface area contributed by atoms with Crippen molar-refractivity contribution in [2.24, 2.45) is 5.41 Å². The normalized spacial score (nSPS) is 25.6. The van der Waals surface area contributed by atoms with Crippen LogP contribution in [0, 0.1) is 5.41 Å². The Balaban J connectivity index is 1.73. The van der Waals surface area contributed by atoms with Crippen LogP contribution >= 0.6 is 0 Å². The topological polar surface area (TPSA) is 47.8 Å². The van der Waals surface area contributed by atoms with Gasteiger partial charge in [0.05, 0.1) is 6.04 Å². The minimum atomic E-state index is -1.16. The molecule has 0 N–H and O–H groups in total. The molecule has 0 bridgehead atoms. The number of Topliss-reactive ketones (excluding diaryl/α,β-unsaturated/α-hetero) is 1. The van der Waals surface area contributed by atoms with E-state index < -0.39 is 6.17 Å². The van der Waals surface area contributed by atoms with E-state index in [0.29, 0.717) is 6.42 Å². The van der Waals surface area contributed by atoms with Crippen LogP contribution in [0.25, 0.3) is 0 Å². The monoisotopic (exact) mass is 285 g/mol. The largest absolute Gasteiger partial charge is 0.290 e. The zero-order valence-electron chi connectivity index (χ0n) is 11.8. The van der Waals surface area contributed by atoms with Gasteiger partial charge in [0.1, 0.15) is 0 Å². The Hall–Kier alpha value is -2.04. The van der Waals surface area contributed by atoms with Crippen molar-refractivity contribution in [1.29, 1.82) is 0 Å². The fraction of sp³-hybridized carbons (Fsp3) is 0.438. The van der Waals surface area contributed by atoms with E-state index in [0.717, 1.165) is 18.4 Å². The van der Waals surface area contributed by atoms with Crippen LogP contribution in [-0.2, 0) is 0 Å². The van der Waals surface area contributed by atoms with E-state index in [2.05, 4.69) is 10.1 Å². The SMILES string of the molecule is CC1(C(=O)c2nc3n(n2)C(c2ccccc2)CC3F)CC1. The van der Waals surface area contributed by atoms with Crippen LogP contribution in [0.5, 0.6) is 0 Å². The highest BCUT2D eigenvalue weighted by Crippen LogP contribution is 2.48. The second-order valence-electron chi connectivity index (χ2n) is 6.26. The maximum atomic E-state index is 14.2. The van der Waals surface area contributed by atoms with E-state index in [1.54, 1.807) is 4.68 Å². The summed E-state index contributed by atoms with van der Waals surface area (Å²) in [5, 5.41) is 4.32. The van der Waals surface area contributed by atoms with Crippen molar-refractivity contribution in [2.45, 2.75) is 38.4 Å². The smallest absolute Gasteiger partial charge is 0.218 e. The second-order valence-corrected chi connectivity index (χ2v) is 6.26. The third-order valence-corrected chi connectivity index (χ3v) is 4.60. The standard InChI is InChI=1S/C16H16FN3O/c1-16(7-8-16)13(21)14-18-15-11(17)9-12(20(15)19-14)10-5-3-2-4-6-10/h2-6,11-12H,7-9H2,1H3. The van der Waals surface area contributed by atoms with Gasteiger partial charge in [0.15, 0.2) is 12.0 Å². The van der Waals surface area contributed by atoms with Gasteiger partial charge in [-0.15, -0.1) is 5.10 Å². The first-order valence-electron chi connectivity index (χ1n) is 7.29. The van der Waals surface area contributed by atoms with Crippen LogP contribution in [0.2, 0.25) is 0 Å². The Bertz CT molecular complexity index is 706. The Morgan fingerprint density at radius 1 is 1.33 bits per heavy atom. The molecule has 2 aliphatic rings. The molecule has 108 valence electrons. The van der Waals surface area contributed by atoms with E-state index in [1.807, 2.05) is 37.3 Å². The molecule has 4 rings (SSSR count). The number of carbonyl (C=O) groups excluding carboxylic acids is 1. The molecular weight excluding hydrogens is 269 g/mol. The van der Waals surface area contributed by atoms with Gasteiger partial charge in [-0.25, -0.2) is 14.1 Å². The molecule has 2 heterocycles. The van der Waals surface area contributed by atoms with Gasteiger partial charge in [-0.3, -0.25) is 4.79 Å². The maximum Gasteiger partial charge on any atom is 0.218 e. The highest BCUT2D eigenvalue weighted by molar-refractivity contribution is 5.98. The molecule has 2 atom stereocenters. The fourth-order valence-electron chi connectivity index (χ4n) is 2.91. The van der Waals surface area contributed by atoms with Crippen LogP contribution in [0.15, 0.2) is 30.3 Å². The molecule has 2 aromatic rings. The number of hydrogen-bond donors (Lipinski definition) is 0. The van der Waals surface area contributed by atoms with Crippen molar-refractivity contribution < 1.29 is 9.18 Å². The molecule has 1 aliphatic carbocycles. The zero-order chi connectivity index (χ0) is 14.6. The summed E-state index contributed by atoms with van der Waals surface area (Å²) >= 11 is 0. The molecule has 5 heteroatoms. The van der Waals surface area contributed by atoms with E-state index in [4.69, 9.17) is 0 Å². The minimum Gasteiger partial charge on any atom is -0.290 e. The number of alkyl halides is 1. The molecular formula is C16H16FN3O. The molecule has 0 radical (unpaired) electrons. The van der Waals surface area contributed by atoms with Gasteiger partial charge >= 0.3 is 0 Å². The third kappa shape index (κ3) is 1.91. The van der Waals surface area contributed by atoms with Crippen LogP contribution in [0.4, 0.5) is 4.39 Å². The first-order valence-corrected chi connectivity index (χ1v) is 7.29. The van der Waals surface area contributed by atoms with Crippen molar-refractivity contribution in [3.05, 3.63) is 47.5 Å². The third-order valence-electron chi connectivity index (χ3n) is 4.60. The maximum absolute atomic E-state index is 14.2. The summed E-state index contributed by atoms with van der Waals surface area (Å²) in [6, 6.07) is 9.52. The Labute approximate surface area is 122 Å². The van der Waals surface area contributed by atoms with Crippen molar-refractivity contribution in [3.63, 3.8) is 0 Å². The van der Waals surface area contributed by atoms with Gasteiger partial charge in [-0.2, -0.15) is 0 Å². The molecule has 0 saturated heterocycles. The molecule has 1 fully saturated rings. The lowest BCUT2D eigenvalue weighted by Crippen LogP contribution is -2.15. The molecule has 1 aromatic heterocycles. The Kier molecular flexibility index (Phi) is 2.55. The van der Waals surface area contributed by atoms with Gasteiger partial charge in [-0.1, -0.05) is 37.3 Å². The number of aromatic nitrogens is 3. The minimum absolute atomic E-state index is 0.0524. The average molecular weight is 285 g/mol. The van der Waals surface area contributed by atoms with Crippen LogP contribution in [0.1, 0.15) is 60.4 Å². The van der Waals surface area contributed by atoms with Gasteiger partial charge in [0, 0.05) is 11.8 Å². The van der Waals surface area contributed by atoms with E-state index in [1.165, 1.54) is 0 Å². The van der Waals surface area contributed by atoms with E-state index in [-0.39, 0.29) is 28.9 Å². The predicted molar refractivity (Wildman–Crippen MR) is 74.7 cm³/mol. The number of fused-ring (bicyclic) bond motifs is 1. The summed E-state index contributed by atoms with van der Waals surface area (Å²) in [5.41, 5.74) is 0.678. The molecule has 0 spiro atoms. The average Bonchev–Trinajstić information content (AvgIpc) is 2.98. The van der Waals surface area contributed by atoms with Crippen molar-refractivity contribution in [2.75, 3.05) is 0 Å². The lowest BCUT2D eigenvalue weighted by molar-refractivity contribution is 0.0901. The molecule has 1 aromatic carbocycles.